The minimum atomic E-state index is 0.705. The molecule has 2 N–H and O–H groups in total. The summed E-state index contributed by atoms with van der Waals surface area (Å²) in [5.74, 6) is 1.70. The molecule has 0 bridgehead atoms. The minimum absolute atomic E-state index is 0.705. The van der Waals surface area contributed by atoms with Gasteiger partial charge < -0.3 is 25.0 Å². The Labute approximate surface area is 151 Å². The number of aliphatic imine (C=N–C) groups is 1. The molecule has 1 aromatic rings. The van der Waals surface area contributed by atoms with Crippen molar-refractivity contribution in [2.24, 2.45) is 10.9 Å². The van der Waals surface area contributed by atoms with E-state index in [9.17, 15) is 0 Å². The zero-order valence-corrected chi connectivity index (χ0v) is 15.8. The second-order valence-corrected chi connectivity index (χ2v) is 6.46. The van der Waals surface area contributed by atoms with Crippen LogP contribution in [0, 0.1) is 5.92 Å². The molecule has 6 heteroatoms. The Morgan fingerprint density at radius 1 is 1.24 bits per heavy atom. The lowest BCUT2D eigenvalue weighted by Crippen LogP contribution is -2.40. The number of nitrogens with zero attached hydrogens (tertiary/aromatic N) is 2. The molecule has 1 saturated carbocycles. The Morgan fingerprint density at radius 3 is 2.64 bits per heavy atom. The highest BCUT2D eigenvalue weighted by Crippen LogP contribution is 2.28. The fourth-order valence-electron chi connectivity index (χ4n) is 2.45. The lowest BCUT2D eigenvalue weighted by Gasteiger charge is -2.22. The molecule has 0 aliphatic heterocycles. The third-order valence-electron chi connectivity index (χ3n) is 4.23. The Balaban J connectivity index is 1.67. The van der Waals surface area contributed by atoms with Crippen LogP contribution in [-0.2, 0) is 16.0 Å². The van der Waals surface area contributed by atoms with Gasteiger partial charge in [-0.25, -0.2) is 0 Å². The van der Waals surface area contributed by atoms with Gasteiger partial charge in [0.05, 0.1) is 13.2 Å². The van der Waals surface area contributed by atoms with Crippen molar-refractivity contribution < 1.29 is 9.47 Å². The fourth-order valence-corrected chi connectivity index (χ4v) is 2.45. The number of likely N-dealkylation sites (N-methyl/N-ethyl adjacent to an activating group) is 1. The van der Waals surface area contributed by atoms with Gasteiger partial charge in [0, 0.05) is 53.1 Å². The largest absolute Gasteiger partial charge is 0.383 e. The van der Waals surface area contributed by atoms with Crippen LogP contribution >= 0.6 is 0 Å². The molecule has 0 heterocycles. The summed E-state index contributed by atoms with van der Waals surface area (Å²) in [5, 5.41) is 6.72. The van der Waals surface area contributed by atoms with E-state index >= 15 is 0 Å². The molecular formula is C19H32N4O2. The highest BCUT2D eigenvalue weighted by molar-refractivity contribution is 5.79. The molecule has 0 spiro atoms. The Bertz CT molecular complexity index is 515. The quantitative estimate of drug-likeness (QED) is 0.365. The molecule has 0 saturated heterocycles. The van der Waals surface area contributed by atoms with Gasteiger partial charge in [-0.05, 0) is 36.5 Å². The van der Waals surface area contributed by atoms with Crippen molar-refractivity contribution in [3.05, 3.63) is 29.8 Å². The maximum atomic E-state index is 5.70. The van der Waals surface area contributed by atoms with Gasteiger partial charge in [-0.1, -0.05) is 12.1 Å². The van der Waals surface area contributed by atoms with E-state index in [2.05, 4.69) is 44.8 Å². The topological polar surface area (TPSA) is 58.1 Å². The highest BCUT2D eigenvalue weighted by Gasteiger charge is 2.21. The van der Waals surface area contributed by atoms with Crippen molar-refractivity contribution in [3.63, 3.8) is 0 Å². The predicted octanol–water partition coefficient (Wildman–Crippen LogP) is 2.18. The van der Waals surface area contributed by atoms with Gasteiger partial charge in [0.25, 0.3) is 0 Å². The first-order chi connectivity index (χ1) is 12.2. The van der Waals surface area contributed by atoms with Gasteiger partial charge in [0.15, 0.2) is 5.96 Å². The number of rotatable bonds is 11. The van der Waals surface area contributed by atoms with Gasteiger partial charge in [0.2, 0.25) is 0 Å². The van der Waals surface area contributed by atoms with Crippen LogP contribution in [0.5, 0.6) is 0 Å². The first-order valence-corrected chi connectivity index (χ1v) is 9.04. The van der Waals surface area contributed by atoms with Crippen molar-refractivity contribution in [1.29, 1.82) is 0 Å². The molecule has 6 nitrogen and oxygen atoms in total. The number of anilines is 1. The molecule has 25 heavy (non-hydrogen) atoms. The number of hydrogen-bond acceptors (Lipinski definition) is 4. The lowest BCUT2D eigenvalue weighted by molar-refractivity contribution is 0.115. The molecule has 0 unspecified atom stereocenters. The third kappa shape index (κ3) is 7.75. The molecule has 0 amide bonds. The van der Waals surface area contributed by atoms with E-state index in [1.165, 1.54) is 18.4 Å². The normalized spacial score (nSPS) is 14.4. The van der Waals surface area contributed by atoms with E-state index < -0.39 is 0 Å². The van der Waals surface area contributed by atoms with Crippen molar-refractivity contribution in [3.8, 4) is 0 Å². The average molecular weight is 348 g/mol. The second kappa shape index (κ2) is 10.9. The van der Waals surface area contributed by atoms with E-state index in [0.29, 0.717) is 6.61 Å². The molecule has 2 rings (SSSR count). The zero-order valence-electron chi connectivity index (χ0n) is 15.8. The molecule has 1 aromatic carbocycles. The SMILES string of the molecule is CN=C(NCc1ccc(NCCOC)cc1)N(C)CCOCC1CC1. The van der Waals surface area contributed by atoms with E-state index in [0.717, 1.165) is 50.4 Å². The van der Waals surface area contributed by atoms with Gasteiger partial charge in [-0.3, -0.25) is 4.99 Å². The first-order valence-electron chi connectivity index (χ1n) is 9.04. The van der Waals surface area contributed by atoms with E-state index in [1.54, 1.807) is 7.11 Å². The van der Waals surface area contributed by atoms with Gasteiger partial charge in [-0.15, -0.1) is 0 Å². The maximum absolute atomic E-state index is 5.70. The van der Waals surface area contributed by atoms with Crippen LogP contribution in [0.4, 0.5) is 5.69 Å². The van der Waals surface area contributed by atoms with Crippen LogP contribution in [0.1, 0.15) is 18.4 Å². The molecule has 1 aliphatic carbocycles. The molecule has 1 fully saturated rings. The van der Waals surface area contributed by atoms with Crippen LogP contribution in [0.2, 0.25) is 0 Å². The summed E-state index contributed by atoms with van der Waals surface area (Å²) in [6.07, 6.45) is 2.67. The molecule has 140 valence electrons. The molecule has 0 atom stereocenters. The summed E-state index contributed by atoms with van der Waals surface area (Å²) >= 11 is 0. The van der Waals surface area contributed by atoms with Gasteiger partial charge in [0.1, 0.15) is 0 Å². The highest BCUT2D eigenvalue weighted by atomic mass is 16.5. The second-order valence-electron chi connectivity index (χ2n) is 6.46. The van der Waals surface area contributed by atoms with Crippen LogP contribution < -0.4 is 10.6 Å². The monoisotopic (exact) mass is 348 g/mol. The van der Waals surface area contributed by atoms with E-state index in [-0.39, 0.29) is 0 Å². The summed E-state index contributed by atoms with van der Waals surface area (Å²) in [5.41, 5.74) is 2.33. The Kier molecular flexibility index (Phi) is 8.55. The molecule has 1 aliphatic rings. The maximum Gasteiger partial charge on any atom is 0.193 e. The van der Waals surface area contributed by atoms with Crippen molar-refractivity contribution in [2.75, 3.05) is 59.4 Å². The number of ether oxygens (including phenoxy) is 2. The van der Waals surface area contributed by atoms with Crippen molar-refractivity contribution >= 4 is 11.6 Å². The summed E-state index contributed by atoms with van der Waals surface area (Å²) in [7, 11) is 5.56. The van der Waals surface area contributed by atoms with Gasteiger partial charge in [-0.2, -0.15) is 0 Å². The number of hydrogen-bond donors (Lipinski definition) is 2. The van der Waals surface area contributed by atoms with Crippen LogP contribution in [0.15, 0.2) is 29.3 Å². The number of methoxy groups -OCH3 is 1. The summed E-state index contributed by atoms with van der Waals surface area (Å²) < 4.78 is 10.7. The number of benzene rings is 1. The van der Waals surface area contributed by atoms with E-state index in [1.807, 2.05) is 14.1 Å². The van der Waals surface area contributed by atoms with Crippen molar-refractivity contribution in [1.82, 2.24) is 10.2 Å². The summed E-state index contributed by atoms with van der Waals surface area (Å²) in [4.78, 5) is 6.45. The summed E-state index contributed by atoms with van der Waals surface area (Å²) in [6.45, 7) is 4.76. The lowest BCUT2D eigenvalue weighted by atomic mass is 10.2. The average Bonchev–Trinajstić information content (AvgIpc) is 3.45. The van der Waals surface area contributed by atoms with Crippen LogP contribution in [0.25, 0.3) is 0 Å². The Morgan fingerprint density at radius 2 is 2.00 bits per heavy atom. The molecule has 0 radical (unpaired) electrons. The fraction of sp³-hybridized carbons (Fsp3) is 0.632. The molecular weight excluding hydrogens is 316 g/mol. The third-order valence-corrected chi connectivity index (χ3v) is 4.23. The van der Waals surface area contributed by atoms with E-state index in [4.69, 9.17) is 9.47 Å². The molecule has 0 aromatic heterocycles. The summed E-state index contributed by atoms with van der Waals surface area (Å²) in [6, 6.07) is 8.41. The number of guanidine groups is 1. The Hall–Kier alpha value is -1.79. The standard InChI is InChI=1S/C19H32N4O2/c1-20-19(23(2)11-13-25-15-17-4-5-17)22-14-16-6-8-18(9-7-16)21-10-12-24-3/h6-9,17,21H,4-5,10-15H2,1-3H3,(H,20,22). The zero-order chi connectivity index (χ0) is 17.9. The minimum Gasteiger partial charge on any atom is -0.383 e. The predicted molar refractivity (Wildman–Crippen MR) is 103 cm³/mol. The first kappa shape index (κ1) is 19.5. The van der Waals surface area contributed by atoms with Crippen molar-refractivity contribution in [2.45, 2.75) is 19.4 Å². The number of nitrogens with one attached hydrogen (secondary N) is 2. The van der Waals surface area contributed by atoms with Gasteiger partial charge >= 0.3 is 0 Å². The smallest absolute Gasteiger partial charge is 0.193 e. The van der Waals surface area contributed by atoms with Crippen LogP contribution in [-0.4, -0.2) is 65.0 Å². The van der Waals surface area contributed by atoms with Crippen LogP contribution in [0.3, 0.4) is 0 Å².